The molecule has 4 heteroatoms. The maximum Gasteiger partial charge on any atom is 0.0449 e. The van der Waals surface area contributed by atoms with Crippen LogP contribution in [0.25, 0.3) is 0 Å². The second kappa shape index (κ2) is 16.1. The third-order valence-electron chi connectivity index (χ3n) is 0.354. The van der Waals surface area contributed by atoms with Gasteiger partial charge in [-0.2, -0.15) is 0 Å². The lowest BCUT2D eigenvalue weighted by Gasteiger charge is -1.88. The molecule has 0 aromatic heterocycles. The van der Waals surface area contributed by atoms with Gasteiger partial charge in [0.25, 0.3) is 0 Å². The van der Waals surface area contributed by atoms with E-state index in [1.807, 2.05) is 14.1 Å². The average molecular weight is 147 g/mol. The molecular formula is C3H12Cl2N2. The topological polar surface area (TPSA) is 24.1 Å². The third-order valence-corrected chi connectivity index (χ3v) is 0.354. The molecule has 0 radical (unpaired) electrons. The minimum atomic E-state index is 0. The van der Waals surface area contributed by atoms with E-state index in [1.165, 1.54) is 0 Å². The van der Waals surface area contributed by atoms with E-state index in [2.05, 4.69) is 10.6 Å². The summed E-state index contributed by atoms with van der Waals surface area (Å²) in [7, 11) is 3.80. The van der Waals surface area contributed by atoms with Gasteiger partial charge in [0, 0.05) is 6.67 Å². The number of nitrogens with one attached hydrogen (secondary N) is 2. The summed E-state index contributed by atoms with van der Waals surface area (Å²) in [6, 6.07) is 0. The number of hydrogen-bond acceptors (Lipinski definition) is 2. The van der Waals surface area contributed by atoms with Crippen molar-refractivity contribution in [1.29, 1.82) is 0 Å². The fourth-order valence-electron chi connectivity index (χ4n) is 0.177. The summed E-state index contributed by atoms with van der Waals surface area (Å²) in [5.41, 5.74) is 0. The first-order valence-corrected chi connectivity index (χ1v) is 1.71. The lowest BCUT2D eigenvalue weighted by Crippen LogP contribution is -2.21. The summed E-state index contributed by atoms with van der Waals surface area (Å²) in [4.78, 5) is 0. The Morgan fingerprint density at radius 3 is 1.29 bits per heavy atom. The van der Waals surface area contributed by atoms with Crippen molar-refractivity contribution in [3.05, 3.63) is 0 Å². The van der Waals surface area contributed by atoms with Gasteiger partial charge in [0.05, 0.1) is 0 Å². The molecule has 48 valence electrons. The van der Waals surface area contributed by atoms with Crippen LogP contribution >= 0.6 is 24.8 Å². The van der Waals surface area contributed by atoms with Crippen molar-refractivity contribution in [2.75, 3.05) is 20.8 Å². The second-order valence-electron chi connectivity index (χ2n) is 0.884. The quantitative estimate of drug-likeness (QED) is 0.546. The molecule has 0 aliphatic heterocycles. The van der Waals surface area contributed by atoms with Crippen LogP contribution in [-0.4, -0.2) is 20.8 Å². The maximum atomic E-state index is 2.91. The third kappa shape index (κ3) is 21.1. The zero-order chi connectivity index (χ0) is 4.12. The molecule has 7 heavy (non-hydrogen) atoms. The molecule has 0 spiro atoms. The fourth-order valence-corrected chi connectivity index (χ4v) is 0.177. The first-order valence-electron chi connectivity index (χ1n) is 1.71. The Bertz CT molecular complexity index is 18.4. The van der Waals surface area contributed by atoms with Crippen molar-refractivity contribution in [3.63, 3.8) is 0 Å². The standard InChI is InChI=1S/C3H10N2.2ClH/c1-4-3-5-2;;/h4-5H,3H2,1-2H3;2*1H. The van der Waals surface area contributed by atoms with Crippen LogP contribution in [0.1, 0.15) is 0 Å². The first-order chi connectivity index (χ1) is 2.41. The molecule has 0 aliphatic rings. The Morgan fingerprint density at radius 1 is 1.00 bits per heavy atom. The largest absolute Gasteiger partial charge is 0.308 e. The lowest BCUT2D eigenvalue weighted by molar-refractivity contribution is 0.708. The molecular weight excluding hydrogens is 135 g/mol. The zero-order valence-electron chi connectivity index (χ0n) is 4.52. The van der Waals surface area contributed by atoms with Gasteiger partial charge in [0.2, 0.25) is 0 Å². The molecule has 0 atom stereocenters. The minimum absolute atomic E-state index is 0. The summed E-state index contributed by atoms with van der Waals surface area (Å²) in [6.45, 7) is 0.889. The van der Waals surface area contributed by atoms with E-state index in [-0.39, 0.29) is 24.8 Å². The van der Waals surface area contributed by atoms with Crippen LogP contribution in [0.5, 0.6) is 0 Å². The van der Waals surface area contributed by atoms with E-state index in [4.69, 9.17) is 0 Å². The van der Waals surface area contributed by atoms with Gasteiger partial charge in [-0.3, -0.25) is 0 Å². The van der Waals surface area contributed by atoms with E-state index >= 15 is 0 Å². The molecule has 0 heterocycles. The van der Waals surface area contributed by atoms with Gasteiger partial charge in [0.15, 0.2) is 0 Å². The van der Waals surface area contributed by atoms with Crippen molar-refractivity contribution in [2.45, 2.75) is 0 Å². The summed E-state index contributed by atoms with van der Waals surface area (Å²) >= 11 is 0. The molecule has 0 bridgehead atoms. The van der Waals surface area contributed by atoms with Crippen molar-refractivity contribution in [3.8, 4) is 0 Å². The van der Waals surface area contributed by atoms with E-state index in [0.717, 1.165) is 6.67 Å². The smallest absolute Gasteiger partial charge is 0.0449 e. The SMILES string of the molecule is CNCNC.Cl.Cl. The van der Waals surface area contributed by atoms with Gasteiger partial charge in [-0.1, -0.05) is 0 Å². The minimum Gasteiger partial charge on any atom is -0.308 e. The predicted molar refractivity (Wildman–Crippen MR) is 37.5 cm³/mol. The van der Waals surface area contributed by atoms with Crippen molar-refractivity contribution in [1.82, 2.24) is 10.6 Å². The molecule has 0 saturated carbocycles. The van der Waals surface area contributed by atoms with Crippen LogP contribution in [0.4, 0.5) is 0 Å². The van der Waals surface area contributed by atoms with E-state index < -0.39 is 0 Å². The molecule has 0 rings (SSSR count). The van der Waals surface area contributed by atoms with Crippen LogP contribution in [0.2, 0.25) is 0 Å². The van der Waals surface area contributed by atoms with Crippen molar-refractivity contribution >= 4 is 24.8 Å². The zero-order valence-corrected chi connectivity index (χ0v) is 6.16. The van der Waals surface area contributed by atoms with Crippen LogP contribution in [-0.2, 0) is 0 Å². The Balaban J connectivity index is -0.0000000800. The molecule has 0 saturated heterocycles. The highest BCUT2D eigenvalue weighted by atomic mass is 35.5. The monoisotopic (exact) mass is 146 g/mol. The molecule has 0 amide bonds. The molecule has 2 N–H and O–H groups in total. The van der Waals surface area contributed by atoms with Gasteiger partial charge in [0.1, 0.15) is 0 Å². The molecule has 0 aromatic rings. The number of halogens is 2. The number of hydrogen-bond donors (Lipinski definition) is 2. The Kier molecular flexibility index (Phi) is 35.9. The van der Waals surface area contributed by atoms with Gasteiger partial charge in [-0.15, -0.1) is 24.8 Å². The van der Waals surface area contributed by atoms with Crippen molar-refractivity contribution < 1.29 is 0 Å². The highest BCUT2D eigenvalue weighted by molar-refractivity contribution is 5.85. The van der Waals surface area contributed by atoms with Gasteiger partial charge in [-0.25, -0.2) is 0 Å². The van der Waals surface area contributed by atoms with Gasteiger partial charge in [-0.05, 0) is 14.1 Å². The second-order valence-corrected chi connectivity index (χ2v) is 0.884. The maximum absolute atomic E-state index is 2.91. The summed E-state index contributed by atoms with van der Waals surface area (Å²) in [5, 5.41) is 5.81. The van der Waals surface area contributed by atoms with Crippen LogP contribution in [0, 0.1) is 0 Å². The fraction of sp³-hybridized carbons (Fsp3) is 1.00. The Labute approximate surface area is 56.9 Å². The summed E-state index contributed by atoms with van der Waals surface area (Å²) < 4.78 is 0. The molecule has 2 nitrogen and oxygen atoms in total. The average Bonchev–Trinajstić information content (AvgIpc) is 1.41. The molecule has 0 aliphatic carbocycles. The summed E-state index contributed by atoms with van der Waals surface area (Å²) in [6.07, 6.45) is 0. The van der Waals surface area contributed by atoms with Gasteiger partial charge < -0.3 is 10.6 Å². The normalized spacial score (nSPS) is 6.00. The lowest BCUT2D eigenvalue weighted by atomic mass is 11.0. The molecule has 0 aromatic carbocycles. The predicted octanol–water partition coefficient (Wildman–Crippen LogP) is 0.226. The first kappa shape index (κ1) is 15.6. The molecule has 0 fully saturated rings. The molecule has 0 unspecified atom stereocenters. The van der Waals surface area contributed by atoms with Gasteiger partial charge >= 0.3 is 0 Å². The summed E-state index contributed by atoms with van der Waals surface area (Å²) in [5.74, 6) is 0. The Morgan fingerprint density at radius 2 is 1.29 bits per heavy atom. The Hall–Kier alpha value is 0.500. The van der Waals surface area contributed by atoms with Crippen LogP contribution in [0.3, 0.4) is 0 Å². The highest BCUT2D eigenvalue weighted by Crippen LogP contribution is 1.30. The van der Waals surface area contributed by atoms with Crippen molar-refractivity contribution in [2.24, 2.45) is 0 Å². The van der Waals surface area contributed by atoms with E-state index in [1.54, 1.807) is 0 Å². The van der Waals surface area contributed by atoms with E-state index in [9.17, 15) is 0 Å². The number of rotatable bonds is 2. The van der Waals surface area contributed by atoms with E-state index in [0.29, 0.717) is 0 Å². The van der Waals surface area contributed by atoms with Crippen LogP contribution in [0.15, 0.2) is 0 Å². The van der Waals surface area contributed by atoms with Crippen LogP contribution < -0.4 is 10.6 Å². The highest BCUT2D eigenvalue weighted by Gasteiger charge is 1.60.